The SMILES string of the molecule is Nc1c(N=Nc2ccc3c(O)c(N=Nc4cc(S(=O)(=O)O)c(N=Nc5c(C(=O)O)[nH]n(-c6ccc(S(=O)(=O)O)cc6)c5=O)cc4SOOO)c(S(=O)(=O)O)cc3c2S(=O)(=O)O)cc(S(=O)(=O)O)c2cc(SOOO)c(N=Nc3ccc(SOOO)cc3[N+](=O)[O-])c(O)c12. The molecule has 0 aliphatic carbocycles. The molecule has 0 saturated carbocycles. The molecule has 0 aliphatic rings. The van der Waals surface area contributed by atoms with Crippen LogP contribution in [0.4, 0.5) is 56.9 Å². The standard InChI is InChI=1S/C42H28N12O31S8/c43-33-25(14-29(90(68,69)70)20-10-28(88-85-82-64)34(39(56)32(20)33)49-44-21-7-3-16(86-83-80-62)9-26(21)54(60)61)48-45-22-8-6-18-19(40(22)93(77,78)79)11-31(92(74,75)76)35(38(18)55)50-46-23-13-30(91(71,72)73)24(12-27(23)87-84-81-63)47-51-36-37(42(58)59)52-53(41(36)57)15-1-4-17(5-2-15)89(65,66)67/h1-14,52,55-56,62-64H,43H2,(H,58,59)(H,65,66,67)(H,68,69,70)(H,71,72,73)(H,74,75,76)(H,77,78,79). The molecule has 1 aromatic heterocycles. The van der Waals surface area contributed by atoms with Crippen molar-refractivity contribution in [1.82, 2.24) is 9.78 Å². The molecule has 43 nitrogen and oxygen atoms in total. The van der Waals surface area contributed by atoms with E-state index < -0.39 is 197 Å². The molecule has 7 aromatic carbocycles. The second-order valence-corrected chi connectivity index (χ2v) is 26.4. The lowest BCUT2D eigenvalue weighted by molar-refractivity contribution is -0.432. The average Bonchev–Trinajstić information content (AvgIpc) is 1.17. The highest BCUT2D eigenvalue weighted by Gasteiger charge is 2.31. The van der Waals surface area contributed by atoms with E-state index in [-0.39, 0.29) is 40.7 Å². The highest BCUT2D eigenvalue weighted by atomic mass is 32.2. The molecule has 0 unspecified atom stereocenters. The topological polar surface area (TPSA) is 672 Å². The van der Waals surface area contributed by atoms with Gasteiger partial charge in [0.25, 0.3) is 61.8 Å². The van der Waals surface area contributed by atoms with Gasteiger partial charge in [-0.15, -0.1) is 53.9 Å². The Morgan fingerprint density at radius 2 is 1.08 bits per heavy atom. The van der Waals surface area contributed by atoms with Gasteiger partial charge in [-0.25, -0.2) is 25.2 Å². The van der Waals surface area contributed by atoms with E-state index in [9.17, 15) is 99.9 Å². The van der Waals surface area contributed by atoms with Crippen LogP contribution in [0.3, 0.4) is 0 Å². The Morgan fingerprint density at radius 1 is 0.538 bits per heavy atom. The molecule has 14 N–H and O–H groups in total. The van der Waals surface area contributed by atoms with Crippen molar-refractivity contribution in [2.45, 2.75) is 39.2 Å². The molecular formula is C42H28N12O31S8. The number of hydrogen-bond acceptors (Lipinski definition) is 37. The minimum atomic E-state index is -5.82. The third-order valence-electron chi connectivity index (χ3n) is 11.7. The largest absolute Gasteiger partial charge is 0.505 e. The summed E-state index contributed by atoms with van der Waals surface area (Å²) >= 11 is 0.213. The van der Waals surface area contributed by atoms with Crippen molar-refractivity contribution < 1.29 is 134 Å². The molecule has 490 valence electrons. The van der Waals surface area contributed by atoms with Crippen LogP contribution in [0.25, 0.3) is 27.2 Å². The first-order valence-electron chi connectivity index (χ1n) is 23.1. The first-order valence-corrected chi connectivity index (χ1v) is 32.5. The molecule has 8 aromatic rings. The van der Waals surface area contributed by atoms with Gasteiger partial charge in [0.1, 0.15) is 53.7 Å². The number of aromatic nitrogens is 2. The summed E-state index contributed by atoms with van der Waals surface area (Å²) in [5.41, 5.74) is -5.44. The molecule has 1 heterocycles. The average molecular weight is 1450 g/mol. The van der Waals surface area contributed by atoms with Crippen LogP contribution in [0.15, 0.2) is 170 Å². The number of aromatic amines is 1. The molecule has 0 fully saturated rings. The maximum atomic E-state index is 13.4. The first-order chi connectivity index (χ1) is 43.5. The summed E-state index contributed by atoms with van der Waals surface area (Å²) in [6.07, 6.45) is 0. The number of rotatable bonds is 25. The molecule has 0 atom stereocenters. The lowest BCUT2D eigenvalue weighted by Crippen LogP contribution is -2.14. The number of carboxylic acids is 1. The predicted molar refractivity (Wildman–Crippen MR) is 306 cm³/mol. The number of nitrogens with one attached hydrogen (secondary N) is 1. The van der Waals surface area contributed by atoms with Crippen molar-refractivity contribution in [2.24, 2.45) is 40.9 Å². The van der Waals surface area contributed by atoms with E-state index >= 15 is 0 Å². The van der Waals surface area contributed by atoms with Crippen molar-refractivity contribution in [3.8, 4) is 17.2 Å². The monoisotopic (exact) mass is 1450 g/mol. The van der Waals surface area contributed by atoms with Gasteiger partial charge in [0, 0.05) is 27.1 Å². The minimum absolute atomic E-state index is 0.00211. The van der Waals surface area contributed by atoms with Crippen molar-refractivity contribution in [3.63, 3.8) is 0 Å². The number of phenols is 2. The normalized spacial score (nSPS) is 12.9. The molecule has 0 saturated heterocycles. The van der Waals surface area contributed by atoms with Gasteiger partial charge in [-0.3, -0.25) is 42.8 Å². The maximum Gasteiger partial charge on any atom is 0.356 e. The van der Waals surface area contributed by atoms with Crippen LogP contribution in [0, 0.1) is 10.1 Å². The van der Waals surface area contributed by atoms with Crippen LogP contribution in [-0.4, -0.2) is 117 Å². The fourth-order valence-corrected chi connectivity index (χ4v) is 12.5. The maximum absolute atomic E-state index is 13.4. The molecule has 8 rings (SSSR count). The number of carboxylic acid groups (broad SMARTS) is 1. The molecule has 0 radical (unpaired) electrons. The lowest BCUT2D eigenvalue weighted by Gasteiger charge is -2.15. The molecule has 0 amide bonds. The Labute approximate surface area is 525 Å². The summed E-state index contributed by atoms with van der Waals surface area (Å²) < 4.78 is 192. The van der Waals surface area contributed by atoms with E-state index in [1.165, 1.54) is 0 Å². The van der Waals surface area contributed by atoms with Crippen LogP contribution in [0.5, 0.6) is 11.5 Å². The summed E-state index contributed by atoms with van der Waals surface area (Å²) in [5.74, 6) is -4.51. The number of nitro benzene ring substituents is 1. The van der Waals surface area contributed by atoms with E-state index in [2.05, 4.69) is 74.1 Å². The Kier molecular flexibility index (Phi) is 20.5. The molecular weight excluding hydrogens is 1430 g/mol. The second-order valence-electron chi connectivity index (χ2n) is 17.2. The van der Waals surface area contributed by atoms with Crippen molar-refractivity contribution in [3.05, 3.63) is 111 Å². The van der Waals surface area contributed by atoms with Crippen LogP contribution in [-0.2, 0) is 78.7 Å². The number of nitrogens with zero attached hydrogens (tertiary/aromatic N) is 10. The first kappa shape index (κ1) is 69.9. The number of phenolic OH excluding ortho intramolecular Hbond substituents is 2. The van der Waals surface area contributed by atoms with E-state index in [0.29, 0.717) is 41.0 Å². The number of hydrogen-bond donors (Lipinski definition) is 13. The summed E-state index contributed by atoms with van der Waals surface area (Å²) in [5, 5.41) is 110. The van der Waals surface area contributed by atoms with Crippen molar-refractivity contribution in [1.29, 1.82) is 0 Å². The molecule has 0 aliphatic heterocycles. The van der Waals surface area contributed by atoms with Crippen molar-refractivity contribution >= 4 is 171 Å². The minimum Gasteiger partial charge on any atom is -0.505 e. The van der Waals surface area contributed by atoms with Crippen LogP contribution in [0.2, 0.25) is 0 Å². The Hall–Kier alpha value is -9.02. The van der Waals surface area contributed by atoms with Gasteiger partial charge < -0.3 is 21.1 Å². The highest BCUT2D eigenvalue weighted by Crippen LogP contribution is 2.52. The number of aromatic carboxylic acids is 1. The van der Waals surface area contributed by atoms with Gasteiger partial charge in [0.15, 0.2) is 28.6 Å². The highest BCUT2D eigenvalue weighted by molar-refractivity contribution is 7.95. The quantitative estimate of drug-likeness (QED) is 0.00482. The molecule has 93 heavy (non-hydrogen) atoms. The number of nitrogen functional groups attached to an aromatic ring is 1. The van der Waals surface area contributed by atoms with Gasteiger partial charge in [-0.2, -0.15) is 42.1 Å². The fourth-order valence-electron chi connectivity index (χ4n) is 7.94. The molecule has 51 heteroatoms. The third-order valence-corrected chi connectivity index (χ3v) is 18.0. The Balaban J connectivity index is 1.25. The van der Waals surface area contributed by atoms with Gasteiger partial charge in [0.05, 0.1) is 72.5 Å². The number of carbonyl (C=O) groups is 1. The van der Waals surface area contributed by atoms with E-state index in [0.717, 1.165) is 54.6 Å². The number of azo groups is 4. The van der Waals surface area contributed by atoms with E-state index in [1.807, 2.05) is 0 Å². The zero-order valence-corrected chi connectivity index (χ0v) is 50.5. The summed E-state index contributed by atoms with van der Waals surface area (Å²) in [6.45, 7) is 0. The number of fused-ring (bicyclic) bond motifs is 2. The van der Waals surface area contributed by atoms with E-state index in [1.54, 1.807) is 0 Å². The zero-order valence-electron chi connectivity index (χ0n) is 44.0. The van der Waals surface area contributed by atoms with Crippen LogP contribution >= 0.6 is 36.1 Å². The van der Waals surface area contributed by atoms with Crippen molar-refractivity contribution in [2.75, 3.05) is 5.73 Å². The summed E-state index contributed by atoms with van der Waals surface area (Å²) in [7, 11) is -27.4. The molecule has 0 spiro atoms. The number of H-pyrrole nitrogens is 1. The number of benzene rings is 7. The number of nitrogens with two attached hydrogens (primary N) is 1. The van der Waals surface area contributed by atoms with Gasteiger partial charge in [-0.1, -0.05) is 15.1 Å². The van der Waals surface area contributed by atoms with E-state index in [4.69, 9.17) is 21.5 Å². The summed E-state index contributed by atoms with van der Waals surface area (Å²) in [4.78, 5) is 29.2. The summed E-state index contributed by atoms with van der Waals surface area (Å²) in [6, 6.07) is 10.4. The van der Waals surface area contributed by atoms with Crippen LogP contribution in [0.1, 0.15) is 10.5 Å². The lowest BCUT2D eigenvalue weighted by atomic mass is 10.0. The zero-order chi connectivity index (χ0) is 68.4. The molecule has 0 bridgehead atoms. The van der Waals surface area contributed by atoms with Crippen LogP contribution < -0.4 is 11.3 Å². The van der Waals surface area contributed by atoms with Gasteiger partial charge in [-0.05, 0) is 78.9 Å². The third kappa shape index (κ3) is 15.2. The Morgan fingerprint density at radius 3 is 1.66 bits per heavy atom. The second kappa shape index (κ2) is 27.3. The predicted octanol–water partition coefficient (Wildman–Crippen LogP) is 9.25. The smallest absolute Gasteiger partial charge is 0.356 e. The number of aromatic hydroxyl groups is 2. The number of nitro groups is 1. The fraction of sp³-hybridized carbons (Fsp3) is 0. The Bertz CT molecular complexity index is 5230. The van der Waals surface area contributed by atoms with Gasteiger partial charge in [0.2, 0.25) is 0 Å². The van der Waals surface area contributed by atoms with Gasteiger partial charge >= 0.3 is 5.97 Å². The number of anilines is 1.